The lowest BCUT2D eigenvalue weighted by Gasteiger charge is -2.20. The Kier molecular flexibility index (Phi) is 8.37. The molecule has 0 bridgehead atoms. The standard InChI is InChI=1S/C15H22N3O7P/c1-11(2)24-15(19)12(3)17-26(22,10-23-4)25-16-9-13-5-7-14(8-6-13)18(20)21/h5-9,11-12H,10H2,1-4H3,(H,17,22)/b16-9+/t12-,26?/m0/s1. The number of nitro groups is 1. The van der Waals surface area contributed by atoms with Crippen LogP contribution < -0.4 is 5.09 Å². The molecule has 11 heteroatoms. The average molecular weight is 387 g/mol. The van der Waals surface area contributed by atoms with Gasteiger partial charge in [0.25, 0.3) is 5.69 Å². The molecule has 0 fully saturated rings. The number of oxime groups is 1. The number of nitrogens with zero attached hydrogens (tertiary/aromatic N) is 2. The average Bonchev–Trinajstić information content (AvgIpc) is 2.54. The van der Waals surface area contributed by atoms with Gasteiger partial charge in [0.1, 0.15) is 12.4 Å². The Balaban J connectivity index is 2.75. The quantitative estimate of drug-likeness (QED) is 0.213. The summed E-state index contributed by atoms with van der Waals surface area (Å²) in [5.74, 6) is -0.584. The highest BCUT2D eigenvalue weighted by atomic mass is 31.2. The predicted octanol–water partition coefficient (Wildman–Crippen LogP) is 2.67. The summed E-state index contributed by atoms with van der Waals surface area (Å²) < 4.78 is 27.6. The molecule has 1 aromatic rings. The van der Waals surface area contributed by atoms with Crippen molar-refractivity contribution >= 4 is 25.4 Å². The van der Waals surface area contributed by atoms with E-state index in [0.717, 1.165) is 0 Å². The van der Waals surface area contributed by atoms with Crippen molar-refractivity contribution in [2.45, 2.75) is 32.9 Å². The Morgan fingerprint density at radius 2 is 1.96 bits per heavy atom. The first-order chi connectivity index (χ1) is 12.2. The fourth-order valence-electron chi connectivity index (χ4n) is 1.78. The van der Waals surface area contributed by atoms with E-state index in [-0.39, 0.29) is 18.1 Å². The van der Waals surface area contributed by atoms with Crippen LogP contribution in [0.2, 0.25) is 0 Å². The smallest absolute Gasteiger partial charge is 0.364 e. The molecular formula is C15H22N3O7P. The fraction of sp³-hybridized carbons (Fsp3) is 0.467. The number of carbonyl (C=O) groups is 1. The molecule has 0 aliphatic rings. The van der Waals surface area contributed by atoms with Gasteiger partial charge in [-0.1, -0.05) is 5.16 Å². The van der Waals surface area contributed by atoms with E-state index in [0.29, 0.717) is 5.56 Å². The fourth-order valence-corrected chi connectivity index (χ4v) is 3.18. The minimum atomic E-state index is -3.61. The van der Waals surface area contributed by atoms with Crippen LogP contribution in [0.5, 0.6) is 0 Å². The van der Waals surface area contributed by atoms with Crippen LogP contribution >= 0.6 is 7.52 Å². The van der Waals surface area contributed by atoms with Gasteiger partial charge in [-0.2, -0.15) is 0 Å². The monoisotopic (exact) mass is 387 g/mol. The van der Waals surface area contributed by atoms with Gasteiger partial charge in [0.2, 0.25) is 0 Å². The van der Waals surface area contributed by atoms with Gasteiger partial charge in [-0.15, -0.1) is 0 Å². The molecule has 1 aromatic carbocycles. The summed E-state index contributed by atoms with van der Waals surface area (Å²) in [6.45, 7) is 4.88. The van der Waals surface area contributed by atoms with Crippen LogP contribution in [0.25, 0.3) is 0 Å². The molecule has 26 heavy (non-hydrogen) atoms. The van der Waals surface area contributed by atoms with Crippen LogP contribution in [0.4, 0.5) is 5.69 Å². The van der Waals surface area contributed by atoms with Gasteiger partial charge < -0.3 is 14.1 Å². The zero-order valence-electron chi connectivity index (χ0n) is 14.9. The molecule has 144 valence electrons. The number of benzene rings is 1. The second-order valence-electron chi connectivity index (χ2n) is 5.59. The van der Waals surface area contributed by atoms with Gasteiger partial charge in [-0.05, 0) is 38.5 Å². The highest BCUT2D eigenvalue weighted by Gasteiger charge is 2.30. The van der Waals surface area contributed by atoms with Crippen LogP contribution in [-0.2, 0) is 23.5 Å². The Morgan fingerprint density at radius 3 is 2.46 bits per heavy atom. The van der Waals surface area contributed by atoms with Crippen LogP contribution in [0, 0.1) is 10.1 Å². The molecule has 1 rings (SSSR count). The van der Waals surface area contributed by atoms with E-state index in [4.69, 9.17) is 14.1 Å². The molecule has 10 nitrogen and oxygen atoms in total. The second kappa shape index (κ2) is 10.0. The summed E-state index contributed by atoms with van der Waals surface area (Å²) in [7, 11) is -2.29. The first kappa shape index (κ1) is 21.8. The number of nitro benzene ring substituents is 1. The topological polar surface area (TPSA) is 129 Å². The van der Waals surface area contributed by atoms with Crippen LogP contribution in [0.3, 0.4) is 0 Å². The van der Waals surface area contributed by atoms with E-state index in [1.54, 1.807) is 13.8 Å². The van der Waals surface area contributed by atoms with Crippen LogP contribution in [0.1, 0.15) is 26.3 Å². The first-order valence-corrected chi connectivity index (χ1v) is 9.50. The zero-order valence-corrected chi connectivity index (χ0v) is 15.8. The molecule has 2 atom stereocenters. The number of hydrogen-bond donors (Lipinski definition) is 1. The number of esters is 1. The SMILES string of the molecule is COCP(=O)(N[C@@H](C)C(=O)OC(C)C)O/N=C/c1ccc([N+](=O)[O-])cc1. The Hall–Kier alpha value is -2.29. The minimum absolute atomic E-state index is 0.0627. The molecule has 0 spiro atoms. The Bertz CT molecular complexity index is 691. The van der Waals surface area contributed by atoms with E-state index >= 15 is 0 Å². The molecular weight excluding hydrogens is 365 g/mol. The minimum Gasteiger partial charge on any atom is -0.462 e. The van der Waals surface area contributed by atoms with Crippen LogP contribution in [0.15, 0.2) is 29.4 Å². The van der Waals surface area contributed by atoms with Gasteiger partial charge in [0, 0.05) is 19.2 Å². The molecule has 0 heterocycles. The third-order valence-corrected chi connectivity index (χ3v) is 4.62. The van der Waals surface area contributed by atoms with Crippen molar-refractivity contribution in [1.82, 2.24) is 5.09 Å². The molecule has 1 N–H and O–H groups in total. The third kappa shape index (κ3) is 7.30. The molecule has 0 aliphatic carbocycles. The van der Waals surface area contributed by atoms with Crippen molar-refractivity contribution in [2.24, 2.45) is 5.16 Å². The number of methoxy groups -OCH3 is 1. The van der Waals surface area contributed by atoms with Gasteiger partial charge in [0.15, 0.2) is 0 Å². The molecule has 0 radical (unpaired) electrons. The van der Waals surface area contributed by atoms with Crippen molar-refractivity contribution in [1.29, 1.82) is 0 Å². The number of hydrogen-bond acceptors (Lipinski definition) is 8. The summed E-state index contributed by atoms with van der Waals surface area (Å²) in [6.07, 6.45) is 0.615. The lowest BCUT2D eigenvalue weighted by Crippen LogP contribution is -2.35. The number of carbonyl (C=O) groups excluding carboxylic acids is 1. The van der Waals surface area contributed by atoms with Gasteiger partial charge >= 0.3 is 13.5 Å². The van der Waals surface area contributed by atoms with Crippen molar-refractivity contribution < 1.29 is 28.4 Å². The summed E-state index contributed by atoms with van der Waals surface area (Å²) in [4.78, 5) is 21.9. The third-order valence-electron chi connectivity index (χ3n) is 2.88. The maximum absolute atomic E-state index is 12.7. The summed E-state index contributed by atoms with van der Waals surface area (Å²) in [5, 5.41) is 16.8. The Morgan fingerprint density at radius 1 is 1.35 bits per heavy atom. The van der Waals surface area contributed by atoms with Crippen LogP contribution in [-0.4, -0.2) is 42.7 Å². The van der Waals surface area contributed by atoms with E-state index in [2.05, 4.69) is 10.2 Å². The predicted molar refractivity (Wildman–Crippen MR) is 95.1 cm³/mol. The Labute approximate surface area is 151 Å². The maximum Gasteiger partial charge on any atom is 0.364 e. The highest BCUT2D eigenvalue weighted by molar-refractivity contribution is 7.56. The van der Waals surface area contributed by atoms with Gasteiger partial charge in [-0.25, -0.2) is 5.09 Å². The largest absolute Gasteiger partial charge is 0.462 e. The molecule has 0 saturated heterocycles. The second-order valence-corrected chi connectivity index (χ2v) is 7.62. The molecule has 0 aromatic heterocycles. The number of ether oxygens (including phenoxy) is 2. The zero-order chi connectivity index (χ0) is 19.7. The van der Waals surface area contributed by atoms with E-state index < -0.39 is 24.5 Å². The molecule has 1 unspecified atom stereocenters. The van der Waals surface area contributed by atoms with E-state index in [1.165, 1.54) is 44.5 Å². The molecule has 0 amide bonds. The highest BCUT2D eigenvalue weighted by Crippen LogP contribution is 2.43. The molecule has 0 aliphatic heterocycles. The summed E-state index contributed by atoms with van der Waals surface area (Å²) in [6, 6.07) is 4.63. The first-order valence-electron chi connectivity index (χ1n) is 7.69. The maximum atomic E-state index is 12.7. The van der Waals surface area contributed by atoms with Crippen molar-refractivity contribution in [3.05, 3.63) is 39.9 Å². The number of nitrogens with one attached hydrogen (secondary N) is 1. The lowest BCUT2D eigenvalue weighted by molar-refractivity contribution is -0.384. The van der Waals surface area contributed by atoms with E-state index in [1.807, 2.05) is 0 Å². The van der Waals surface area contributed by atoms with E-state index in [9.17, 15) is 19.5 Å². The van der Waals surface area contributed by atoms with Crippen molar-refractivity contribution in [3.8, 4) is 0 Å². The number of non-ortho nitro benzene ring substituents is 1. The molecule has 0 saturated carbocycles. The summed E-state index contributed by atoms with van der Waals surface area (Å²) >= 11 is 0. The van der Waals surface area contributed by atoms with Crippen molar-refractivity contribution in [3.63, 3.8) is 0 Å². The number of rotatable bonds is 10. The normalized spacial score (nSPS) is 14.8. The lowest BCUT2D eigenvalue weighted by atomic mass is 10.2. The van der Waals surface area contributed by atoms with Gasteiger partial charge in [0.05, 0.1) is 17.2 Å². The summed E-state index contributed by atoms with van der Waals surface area (Å²) in [5.41, 5.74) is 0.444. The van der Waals surface area contributed by atoms with Crippen molar-refractivity contribution in [2.75, 3.05) is 13.5 Å². The van der Waals surface area contributed by atoms with Gasteiger partial charge in [-0.3, -0.25) is 19.5 Å².